The second-order valence-electron chi connectivity index (χ2n) is 6.66. The van der Waals surface area contributed by atoms with Crippen LogP contribution in [0.3, 0.4) is 0 Å². The van der Waals surface area contributed by atoms with E-state index in [0.29, 0.717) is 5.57 Å². The van der Waals surface area contributed by atoms with Gasteiger partial charge in [-0.05, 0) is 32.6 Å². The summed E-state index contributed by atoms with van der Waals surface area (Å²) < 4.78 is 0. The van der Waals surface area contributed by atoms with Crippen LogP contribution in [-0.2, 0) is 0 Å². The summed E-state index contributed by atoms with van der Waals surface area (Å²) in [7, 11) is 0. The van der Waals surface area contributed by atoms with Gasteiger partial charge in [-0.25, -0.2) is 0 Å². The maximum Gasteiger partial charge on any atom is 1.00 e. The first kappa shape index (κ1) is 19.4. The van der Waals surface area contributed by atoms with Gasteiger partial charge in [-0.15, -0.1) is 6.42 Å². The Bertz CT molecular complexity index is 439. The Kier molecular flexibility index (Phi) is 8.19. The molecule has 0 atom stereocenters. The normalized spacial score (nSPS) is 23.9. The first-order valence-electron chi connectivity index (χ1n) is 7.65. The largest absolute Gasteiger partial charge is 1.00 e. The molecule has 0 unspecified atom stereocenters. The molecule has 1 fully saturated rings. The summed E-state index contributed by atoms with van der Waals surface area (Å²) in [5.41, 5.74) is 6.92. The van der Waals surface area contributed by atoms with Crippen molar-refractivity contribution in [2.24, 2.45) is 11.7 Å². The topological polar surface area (TPSA) is 53.1 Å². The molecule has 1 saturated carbocycles. The monoisotopic (exact) mass is 310 g/mol. The summed E-state index contributed by atoms with van der Waals surface area (Å²) in [6, 6.07) is 2.13. The van der Waals surface area contributed by atoms with Crippen LogP contribution in [0.2, 0.25) is 0 Å². The maximum atomic E-state index is 9.11. The molecule has 2 rings (SSSR count). The van der Waals surface area contributed by atoms with Crippen molar-refractivity contribution in [3.63, 3.8) is 0 Å². The third-order valence-corrected chi connectivity index (χ3v) is 4.70. The minimum absolute atomic E-state index is 0. The average molecular weight is 311 g/mol. The summed E-state index contributed by atoms with van der Waals surface area (Å²) in [5, 5.41) is 9.11. The number of hydrogen-bond donors (Lipinski definition) is 1. The first-order chi connectivity index (χ1) is 9.56. The Morgan fingerprint density at radius 1 is 1.43 bits per heavy atom. The molecule has 0 amide bonds. The van der Waals surface area contributed by atoms with E-state index in [-0.39, 0.29) is 56.9 Å². The van der Waals surface area contributed by atoms with E-state index in [2.05, 4.69) is 37.1 Å². The van der Waals surface area contributed by atoms with Crippen molar-refractivity contribution < 1.29 is 51.4 Å². The van der Waals surface area contributed by atoms with E-state index >= 15 is 0 Å². The van der Waals surface area contributed by atoms with Crippen molar-refractivity contribution in [3.05, 3.63) is 23.4 Å². The van der Waals surface area contributed by atoms with Gasteiger partial charge in [0.2, 0.25) is 0 Å². The predicted octanol–water partition coefficient (Wildman–Crippen LogP) is -0.0460. The van der Waals surface area contributed by atoms with E-state index in [4.69, 9.17) is 11.0 Å². The van der Waals surface area contributed by atoms with Gasteiger partial charge in [-0.1, -0.05) is 25.8 Å². The second-order valence-corrected chi connectivity index (χ2v) is 6.66. The van der Waals surface area contributed by atoms with Gasteiger partial charge in [0.15, 0.2) is 0 Å². The number of hydrogen-bond acceptors (Lipinski definition) is 3. The standard InChI is InChI=1S/C17H25N3.K/c1-17(2)9-8-15(16(10-18)11-19)13-20(17)12-14-6-4-3-5-7-14;/h14H,3-7,9,12-13,18H2,1-2H3;/q-2;+1. The summed E-state index contributed by atoms with van der Waals surface area (Å²) >= 11 is 0. The molecule has 1 aliphatic heterocycles. The fourth-order valence-corrected chi connectivity index (χ4v) is 3.24. The molecule has 21 heavy (non-hydrogen) atoms. The molecular weight excluding hydrogens is 285 g/mol. The van der Waals surface area contributed by atoms with Crippen molar-refractivity contribution in [2.75, 3.05) is 13.1 Å². The van der Waals surface area contributed by atoms with E-state index in [1.165, 1.54) is 32.1 Å². The van der Waals surface area contributed by atoms with Crippen molar-refractivity contribution in [1.82, 2.24) is 4.90 Å². The number of nitriles is 1. The molecule has 2 aliphatic rings. The fraction of sp³-hybridized carbons (Fsp3) is 0.706. The van der Waals surface area contributed by atoms with E-state index in [0.717, 1.165) is 31.0 Å². The van der Waals surface area contributed by atoms with Crippen LogP contribution in [0.25, 0.3) is 0 Å². The Hall–Kier alpha value is 0.366. The smallest absolute Gasteiger partial charge is 0.476 e. The van der Waals surface area contributed by atoms with Gasteiger partial charge < -0.3 is 27.5 Å². The molecule has 0 radical (unpaired) electrons. The molecule has 3 nitrogen and oxygen atoms in total. The third kappa shape index (κ3) is 5.19. The first-order valence-corrected chi connectivity index (χ1v) is 7.65. The van der Waals surface area contributed by atoms with E-state index in [1.807, 2.05) is 0 Å². The summed E-state index contributed by atoms with van der Waals surface area (Å²) in [4.78, 5) is 2.50. The Morgan fingerprint density at radius 3 is 2.67 bits per heavy atom. The zero-order valence-corrected chi connectivity index (χ0v) is 16.8. The summed E-state index contributed by atoms with van der Waals surface area (Å²) in [6.07, 6.45) is 13.5. The van der Waals surface area contributed by atoms with Crippen LogP contribution in [0.5, 0.6) is 0 Å². The van der Waals surface area contributed by atoms with Gasteiger partial charge in [0, 0.05) is 12.1 Å². The van der Waals surface area contributed by atoms with Crippen LogP contribution in [-0.4, -0.2) is 23.5 Å². The number of nitrogens with two attached hydrogens (primary N) is 1. The van der Waals surface area contributed by atoms with E-state index < -0.39 is 0 Å². The van der Waals surface area contributed by atoms with Crippen LogP contribution >= 0.6 is 0 Å². The molecule has 0 spiro atoms. The van der Waals surface area contributed by atoms with Crippen molar-refractivity contribution in [2.45, 2.75) is 57.9 Å². The van der Waals surface area contributed by atoms with Crippen molar-refractivity contribution in [1.29, 1.82) is 5.26 Å². The zero-order valence-electron chi connectivity index (χ0n) is 13.7. The minimum atomic E-state index is 0. The number of rotatable bonds is 3. The molecule has 0 bridgehead atoms. The molecule has 2 N–H and O–H groups in total. The third-order valence-electron chi connectivity index (χ3n) is 4.70. The van der Waals surface area contributed by atoms with Gasteiger partial charge >= 0.3 is 51.4 Å². The van der Waals surface area contributed by atoms with Crippen molar-refractivity contribution in [3.8, 4) is 6.07 Å². The molecule has 0 saturated heterocycles. The molecular formula is C17H25KN3-. The van der Waals surface area contributed by atoms with Gasteiger partial charge in [-0.3, -0.25) is 5.57 Å². The molecule has 1 aliphatic carbocycles. The zero-order chi connectivity index (χ0) is 14.6. The summed E-state index contributed by atoms with van der Waals surface area (Å²) in [6.45, 7) is 6.43. The Labute approximate surface area is 172 Å². The van der Waals surface area contributed by atoms with E-state index in [1.54, 1.807) is 0 Å². The molecule has 0 aromatic carbocycles. The molecule has 0 aromatic rings. The molecule has 110 valence electrons. The van der Waals surface area contributed by atoms with Gasteiger partial charge in [0.25, 0.3) is 0 Å². The number of nitrogens with zero attached hydrogens (tertiary/aromatic N) is 2. The molecule has 4 heteroatoms. The minimum Gasteiger partial charge on any atom is -0.476 e. The molecule has 1 heterocycles. The van der Waals surface area contributed by atoms with Gasteiger partial charge in [-0.2, -0.15) is 12.3 Å². The maximum absolute atomic E-state index is 9.11. The average Bonchev–Trinajstić information content (AvgIpc) is 2.45. The van der Waals surface area contributed by atoms with Crippen LogP contribution in [0.1, 0.15) is 52.4 Å². The van der Waals surface area contributed by atoms with E-state index in [9.17, 15) is 0 Å². The van der Waals surface area contributed by atoms with Crippen LogP contribution in [0, 0.1) is 29.5 Å². The Morgan fingerprint density at radius 2 is 2.10 bits per heavy atom. The fourth-order valence-electron chi connectivity index (χ4n) is 3.24. The SMILES string of the molecule is CC1(C)C[C-]=C(C(C#N)=[C-]N)CN1CC1CCCCC1.[K+]. The summed E-state index contributed by atoms with van der Waals surface area (Å²) in [5.74, 6) is 0.804. The van der Waals surface area contributed by atoms with Gasteiger partial charge in [0.1, 0.15) is 0 Å². The predicted molar refractivity (Wildman–Crippen MR) is 80.2 cm³/mol. The van der Waals surface area contributed by atoms with Crippen molar-refractivity contribution >= 4 is 0 Å². The van der Waals surface area contributed by atoms with Crippen LogP contribution in [0.4, 0.5) is 0 Å². The van der Waals surface area contributed by atoms with Crippen LogP contribution in [0.15, 0.2) is 11.1 Å². The Balaban J connectivity index is 0.00000220. The van der Waals surface area contributed by atoms with Gasteiger partial charge in [0.05, 0.1) is 0 Å². The molecule has 0 aromatic heterocycles. The quantitative estimate of drug-likeness (QED) is 0.344. The van der Waals surface area contributed by atoms with Crippen LogP contribution < -0.4 is 57.1 Å². The second kappa shape index (κ2) is 8.86.